The lowest BCUT2D eigenvalue weighted by Crippen LogP contribution is -2.12. The normalized spacial score (nSPS) is 17.7. The summed E-state index contributed by atoms with van der Waals surface area (Å²) in [6, 6.07) is 10.7. The second-order valence-corrected chi connectivity index (χ2v) is 3.40. The minimum atomic E-state index is 1.02. The van der Waals surface area contributed by atoms with E-state index in [1.165, 1.54) is 24.0 Å². The van der Waals surface area contributed by atoms with Gasteiger partial charge in [-0.2, -0.15) is 0 Å². The highest BCUT2D eigenvalue weighted by atomic mass is 14.8. The van der Waals surface area contributed by atoms with E-state index in [0.29, 0.717) is 0 Å². The Bertz CT molecular complexity index is 287. The van der Waals surface area contributed by atoms with Crippen LogP contribution < -0.4 is 5.32 Å². The highest BCUT2D eigenvalue weighted by Crippen LogP contribution is 2.19. The van der Waals surface area contributed by atoms with Crippen LogP contribution in [0.15, 0.2) is 36.4 Å². The number of hydrogen-bond donors (Lipinski definition) is 1. The molecule has 13 heavy (non-hydrogen) atoms. The Morgan fingerprint density at radius 2 is 1.92 bits per heavy atom. The van der Waals surface area contributed by atoms with Gasteiger partial charge in [0.15, 0.2) is 0 Å². The fourth-order valence-electron chi connectivity index (χ4n) is 1.72. The molecule has 0 unspecified atom stereocenters. The van der Waals surface area contributed by atoms with Crippen molar-refractivity contribution >= 4 is 5.57 Å². The second kappa shape index (κ2) is 4.24. The van der Waals surface area contributed by atoms with Crippen LogP contribution in [-0.2, 0) is 0 Å². The molecule has 2 rings (SSSR count). The molecule has 0 fully saturated rings. The molecular weight excluding hydrogens is 158 g/mol. The summed E-state index contributed by atoms with van der Waals surface area (Å²) in [5, 5.41) is 3.37. The molecule has 0 atom stereocenters. The zero-order valence-corrected chi connectivity index (χ0v) is 7.79. The fraction of sp³-hybridized carbons (Fsp3) is 0.333. The van der Waals surface area contributed by atoms with Gasteiger partial charge in [0, 0.05) is 6.54 Å². The largest absolute Gasteiger partial charge is 0.313 e. The Morgan fingerprint density at radius 3 is 2.77 bits per heavy atom. The van der Waals surface area contributed by atoms with Crippen molar-refractivity contribution in [1.29, 1.82) is 0 Å². The topological polar surface area (TPSA) is 12.0 Å². The van der Waals surface area contributed by atoms with Crippen molar-refractivity contribution in [2.24, 2.45) is 0 Å². The van der Waals surface area contributed by atoms with Crippen LogP contribution in [0.1, 0.15) is 18.4 Å². The minimum absolute atomic E-state index is 1.02. The average molecular weight is 173 g/mol. The molecule has 1 nitrogen and oxygen atoms in total. The van der Waals surface area contributed by atoms with Crippen molar-refractivity contribution in [1.82, 2.24) is 5.32 Å². The highest BCUT2D eigenvalue weighted by Gasteiger charge is 2.03. The zero-order chi connectivity index (χ0) is 8.93. The van der Waals surface area contributed by atoms with Gasteiger partial charge in [-0.3, -0.25) is 0 Å². The summed E-state index contributed by atoms with van der Waals surface area (Å²) in [5.74, 6) is 0. The van der Waals surface area contributed by atoms with Crippen molar-refractivity contribution in [3.63, 3.8) is 0 Å². The number of nitrogens with one attached hydrogen (secondary N) is 1. The smallest absolute Gasteiger partial charge is 0.0140 e. The van der Waals surface area contributed by atoms with E-state index in [2.05, 4.69) is 41.7 Å². The summed E-state index contributed by atoms with van der Waals surface area (Å²) >= 11 is 0. The van der Waals surface area contributed by atoms with Crippen LogP contribution >= 0.6 is 0 Å². The van der Waals surface area contributed by atoms with E-state index in [1.54, 1.807) is 0 Å². The van der Waals surface area contributed by atoms with Gasteiger partial charge in [-0.05, 0) is 30.5 Å². The monoisotopic (exact) mass is 173 g/mol. The molecule has 0 saturated carbocycles. The first-order chi connectivity index (χ1) is 6.47. The Labute approximate surface area is 79.5 Å². The van der Waals surface area contributed by atoms with Crippen LogP contribution in [0.4, 0.5) is 0 Å². The third-order valence-corrected chi connectivity index (χ3v) is 2.44. The Balaban J connectivity index is 2.19. The average Bonchev–Trinajstić information content (AvgIpc) is 2.47. The minimum Gasteiger partial charge on any atom is -0.313 e. The van der Waals surface area contributed by atoms with Gasteiger partial charge in [-0.15, -0.1) is 0 Å². The van der Waals surface area contributed by atoms with Crippen LogP contribution in [-0.4, -0.2) is 13.1 Å². The first-order valence-corrected chi connectivity index (χ1v) is 4.92. The molecule has 68 valence electrons. The molecule has 0 aliphatic carbocycles. The van der Waals surface area contributed by atoms with Crippen LogP contribution in [0.2, 0.25) is 0 Å². The first-order valence-electron chi connectivity index (χ1n) is 4.92. The molecular formula is C12H15N. The molecule has 0 radical (unpaired) electrons. The molecule has 1 heterocycles. The maximum Gasteiger partial charge on any atom is 0.0140 e. The first kappa shape index (κ1) is 8.52. The van der Waals surface area contributed by atoms with Crippen molar-refractivity contribution in [3.8, 4) is 0 Å². The lowest BCUT2D eigenvalue weighted by molar-refractivity contribution is 0.723. The van der Waals surface area contributed by atoms with Crippen LogP contribution in [0.3, 0.4) is 0 Å². The quantitative estimate of drug-likeness (QED) is 0.688. The van der Waals surface area contributed by atoms with Crippen LogP contribution in [0.25, 0.3) is 5.57 Å². The van der Waals surface area contributed by atoms with Gasteiger partial charge in [0.2, 0.25) is 0 Å². The van der Waals surface area contributed by atoms with E-state index in [0.717, 1.165) is 13.1 Å². The molecule has 1 aliphatic rings. The third kappa shape index (κ3) is 2.19. The predicted molar refractivity (Wildman–Crippen MR) is 56.5 cm³/mol. The summed E-state index contributed by atoms with van der Waals surface area (Å²) in [6.45, 7) is 2.16. The molecule has 0 aromatic heterocycles. The summed E-state index contributed by atoms with van der Waals surface area (Å²) in [7, 11) is 0. The second-order valence-electron chi connectivity index (χ2n) is 3.40. The highest BCUT2D eigenvalue weighted by molar-refractivity contribution is 5.65. The molecule has 0 amide bonds. The molecule has 1 heteroatoms. The van der Waals surface area contributed by atoms with Crippen molar-refractivity contribution in [2.45, 2.75) is 12.8 Å². The van der Waals surface area contributed by atoms with E-state index >= 15 is 0 Å². The lowest BCUT2D eigenvalue weighted by atomic mass is 10.0. The number of allylic oxidation sites excluding steroid dienone is 1. The summed E-state index contributed by atoms with van der Waals surface area (Å²) in [4.78, 5) is 0. The van der Waals surface area contributed by atoms with E-state index in [1.807, 2.05) is 0 Å². The molecule has 0 saturated heterocycles. The van der Waals surface area contributed by atoms with Gasteiger partial charge in [0.25, 0.3) is 0 Å². The number of benzene rings is 1. The molecule has 1 aromatic carbocycles. The maximum atomic E-state index is 3.37. The van der Waals surface area contributed by atoms with E-state index in [4.69, 9.17) is 0 Å². The molecule has 0 bridgehead atoms. The van der Waals surface area contributed by atoms with Gasteiger partial charge >= 0.3 is 0 Å². The summed E-state index contributed by atoms with van der Waals surface area (Å²) in [5.41, 5.74) is 2.87. The van der Waals surface area contributed by atoms with E-state index < -0.39 is 0 Å². The predicted octanol–water partition coefficient (Wildman–Crippen LogP) is 2.45. The Hall–Kier alpha value is -1.08. The van der Waals surface area contributed by atoms with Gasteiger partial charge in [-0.25, -0.2) is 0 Å². The number of hydrogen-bond acceptors (Lipinski definition) is 1. The number of rotatable bonds is 1. The maximum absolute atomic E-state index is 3.37. The van der Waals surface area contributed by atoms with E-state index in [-0.39, 0.29) is 0 Å². The third-order valence-electron chi connectivity index (χ3n) is 2.44. The molecule has 1 aliphatic heterocycles. The Morgan fingerprint density at radius 1 is 1.08 bits per heavy atom. The van der Waals surface area contributed by atoms with Crippen LogP contribution in [0.5, 0.6) is 0 Å². The van der Waals surface area contributed by atoms with Crippen molar-refractivity contribution in [3.05, 3.63) is 42.0 Å². The van der Waals surface area contributed by atoms with Gasteiger partial charge in [0.05, 0.1) is 0 Å². The standard InChI is InChI=1S/C12H15N/c1-2-5-11(6-3-1)12-7-4-9-13-10-8-12/h1-3,5-6,8,13H,4,7,9-10H2. The SMILES string of the molecule is C1=C(c2ccccc2)CCCNC1. The van der Waals surface area contributed by atoms with Crippen molar-refractivity contribution < 1.29 is 0 Å². The van der Waals surface area contributed by atoms with E-state index in [9.17, 15) is 0 Å². The summed E-state index contributed by atoms with van der Waals surface area (Å²) in [6.07, 6.45) is 4.76. The lowest BCUT2D eigenvalue weighted by Gasteiger charge is -2.03. The van der Waals surface area contributed by atoms with Gasteiger partial charge in [0.1, 0.15) is 0 Å². The van der Waals surface area contributed by atoms with Crippen molar-refractivity contribution in [2.75, 3.05) is 13.1 Å². The molecule has 1 aromatic rings. The van der Waals surface area contributed by atoms with Crippen LogP contribution in [0, 0.1) is 0 Å². The van der Waals surface area contributed by atoms with Gasteiger partial charge in [-0.1, -0.05) is 36.4 Å². The van der Waals surface area contributed by atoms with Gasteiger partial charge < -0.3 is 5.32 Å². The Kier molecular flexibility index (Phi) is 2.78. The fourth-order valence-corrected chi connectivity index (χ4v) is 1.72. The summed E-state index contributed by atoms with van der Waals surface area (Å²) < 4.78 is 0. The molecule has 1 N–H and O–H groups in total. The zero-order valence-electron chi connectivity index (χ0n) is 7.79. The molecule has 0 spiro atoms.